The van der Waals surface area contributed by atoms with Crippen molar-refractivity contribution in [3.05, 3.63) is 36.7 Å². The number of aliphatic imine (C=N–C) groups is 1. The smallest absolute Gasteiger partial charge is 0.264 e. The number of hydrogen-bond donors (Lipinski definition) is 3. The lowest BCUT2D eigenvalue weighted by Crippen LogP contribution is -2.13. The molecule has 0 saturated heterocycles. The number of aromatic hydroxyl groups is 1. The monoisotopic (exact) mass is 346 g/mol. The van der Waals surface area contributed by atoms with Crippen molar-refractivity contribution in [1.29, 1.82) is 5.26 Å². The Morgan fingerprint density at radius 3 is 2.83 bits per heavy atom. The van der Waals surface area contributed by atoms with Crippen LogP contribution in [0.3, 0.4) is 0 Å². The maximum Gasteiger partial charge on any atom is 0.264 e. The van der Waals surface area contributed by atoms with Crippen LogP contribution in [0.4, 0.5) is 5.00 Å². The van der Waals surface area contributed by atoms with Gasteiger partial charge < -0.3 is 10.1 Å². The van der Waals surface area contributed by atoms with Gasteiger partial charge in [0, 0.05) is 11.1 Å². The highest BCUT2D eigenvalue weighted by atomic mass is 32.1. The standard InChI is InChI=1S/C15H14N4O2S2/c16-6-9-8-4-2-1-3-5-11(8)23-14(9)17-7-10-12(20)18-15(22)19-13(10)21/h7H,1-5H2,(H3,18,19,20,21,22)/b17-7+. The maximum absolute atomic E-state index is 11.8. The summed E-state index contributed by atoms with van der Waals surface area (Å²) in [6, 6.07) is 2.23. The van der Waals surface area contributed by atoms with E-state index in [9.17, 15) is 15.2 Å². The van der Waals surface area contributed by atoms with Crippen LogP contribution in [-0.2, 0) is 12.8 Å². The van der Waals surface area contributed by atoms with Crippen LogP contribution in [0.2, 0.25) is 0 Å². The van der Waals surface area contributed by atoms with E-state index < -0.39 is 5.56 Å². The molecule has 0 saturated carbocycles. The van der Waals surface area contributed by atoms with Gasteiger partial charge >= 0.3 is 0 Å². The molecular formula is C15H14N4O2S2. The van der Waals surface area contributed by atoms with Gasteiger partial charge in [-0.2, -0.15) is 5.26 Å². The average Bonchev–Trinajstić information content (AvgIpc) is 2.66. The molecule has 0 unspecified atom stereocenters. The molecule has 1 aliphatic rings. The van der Waals surface area contributed by atoms with Crippen LogP contribution in [0.5, 0.6) is 5.88 Å². The summed E-state index contributed by atoms with van der Waals surface area (Å²) in [4.78, 5) is 22.2. The zero-order valence-corrected chi connectivity index (χ0v) is 13.8. The number of H-pyrrole nitrogens is 2. The molecule has 0 fully saturated rings. The largest absolute Gasteiger partial charge is 0.494 e. The van der Waals surface area contributed by atoms with E-state index in [-0.39, 0.29) is 16.2 Å². The van der Waals surface area contributed by atoms with Crippen LogP contribution < -0.4 is 5.56 Å². The molecular weight excluding hydrogens is 332 g/mol. The summed E-state index contributed by atoms with van der Waals surface area (Å²) in [7, 11) is 0. The lowest BCUT2D eigenvalue weighted by Gasteiger charge is -1.98. The number of nitriles is 1. The summed E-state index contributed by atoms with van der Waals surface area (Å²) in [6.07, 6.45) is 6.51. The highest BCUT2D eigenvalue weighted by molar-refractivity contribution is 7.71. The zero-order chi connectivity index (χ0) is 16.4. The molecule has 118 valence electrons. The van der Waals surface area contributed by atoms with Crippen molar-refractivity contribution in [1.82, 2.24) is 9.97 Å². The second-order valence-electron chi connectivity index (χ2n) is 5.29. The molecule has 0 radical (unpaired) electrons. The lowest BCUT2D eigenvalue weighted by atomic mass is 10.1. The molecule has 2 heterocycles. The van der Waals surface area contributed by atoms with E-state index >= 15 is 0 Å². The Hall–Kier alpha value is -2.24. The molecule has 8 heteroatoms. The van der Waals surface area contributed by atoms with Crippen molar-refractivity contribution < 1.29 is 5.11 Å². The third-order valence-corrected chi connectivity index (χ3v) is 5.19. The Morgan fingerprint density at radius 1 is 1.30 bits per heavy atom. The van der Waals surface area contributed by atoms with Crippen LogP contribution >= 0.6 is 23.6 Å². The normalized spacial score (nSPS) is 14.4. The van der Waals surface area contributed by atoms with Crippen molar-refractivity contribution in [2.24, 2.45) is 4.99 Å². The fourth-order valence-corrected chi connectivity index (χ4v) is 4.03. The third-order valence-electron chi connectivity index (χ3n) is 3.78. The Bertz CT molecular complexity index is 930. The Kier molecular flexibility index (Phi) is 4.41. The summed E-state index contributed by atoms with van der Waals surface area (Å²) in [5, 5.41) is 19.8. The molecule has 1 aliphatic carbocycles. The first-order valence-corrected chi connectivity index (χ1v) is 8.47. The quantitative estimate of drug-likeness (QED) is 0.441. The van der Waals surface area contributed by atoms with E-state index in [1.807, 2.05) is 0 Å². The number of thiophene rings is 1. The minimum Gasteiger partial charge on any atom is -0.494 e. The van der Waals surface area contributed by atoms with Crippen molar-refractivity contribution in [2.75, 3.05) is 0 Å². The summed E-state index contributed by atoms with van der Waals surface area (Å²) in [5.74, 6) is -0.334. The Balaban J connectivity index is 2.03. The van der Waals surface area contributed by atoms with Crippen molar-refractivity contribution in [3.8, 4) is 11.9 Å². The van der Waals surface area contributed by atoms with Crippen LogP contribution in [0.15, 0.2) is 9.79 Å². The average molecular weight is 346 g/mol. The van der Waals surface area contributed by atoms with Gasteiger partial charge in [0.15, 0.2) is 4.77 Å². The van der Waals surface area contributed by atoms with Gasteiger partial charge in [-0.1, -0.05) is 6.42 Å². The maximum atomic E-state index is 11.8. The molecule has 0 atom stereocenters. The van der Waals surface area contributed by atoms with E-state index in [4.69, 9.17) is 12.2 Å². The van der Waals surface area contributed by atoms with Crippen molar-refractivity contribution in [2.45, 2.75) is 32.1 Å². The van der Waals surface area contributed by atoms with Gasteiger partial charge in [0.1, 0.15) is 16.6 Å². The van der Waals surface area contributed by atoms with Crippen molar-refractivity contribution >= 4 is 34.8 Å². The Morgan fingerprint density at radius 2 is 2.09 bits per heavy atom. The molecule has 0 aromatic carbocycles. The lowest BCUT2D eigenvalue weighted by molar-refractivity contribution is 0.449. The molecule has 3 N–H and O–H groups in total. The van der Waals surface area contributed by atoms with E-state index in [0.717, 1.165) is 31.2 Å². The molecule has 6 nitrogen and oxygen atoms in total. The van der Waals surface area contributed by atoms with E-state index in [1.165, 1.54) is 28.8 Å². The SMILES string of the molecule is N#Cc1c(/N=C/c2c(O)[nH]c(=S)[nH]c2=O)sc2c1CCCCC2. The number of aromatic nitrogens is 2. The highest BCUT2D eigenvalue weighted by Gasteiger charge is 2.19. The van der Waals surface area contributed by atoms with E-state index in [1.54, 1.807) is 0 Å². The second kappa shape index (κ2) is 6.48. The predicted molar refractivity (Wildman–Crippen MR) is 91.5 cm³/mol. The summed E-state index contributed by atoms with van der Waals surface area (Å²) in [6.45, 7) is 0. The molecule has 0 spiro atoms. The van der Waals surface area contributed by atoms with Gasteiger partial charge in [0.05, 0.1) is 5.56 Å². The topological polar surface area (TPSA) is 105 Å². The number of nitrogens with one attached hydrogen (secondary N) is 2. The van der Waals surface area contributed by atoms with Gasteiger partial charge in [-0.05, 0) is 43.5 Å². The molecule has 2 aromatic rings. The zero-order valence-electron chi connectivity index (χ0n) is 12.2. The fraction of sp³-hybridized carbons (Fsp3) is 0.333. The van der Waals surface area contributed by atoms with E-state index in [0.29, 0.717) is 10.6 Å². The number of fused-ring (bicyclic) bond motifs is 1. The number of nitrogens with zero attached hydrogens (tertiary/aromatic N) is 2. The first-order chi connectivity index (χ1) is 11.1. The van der Waals surface area contributed by atoms with Crippen molar-refractivity contribution in [3.63, 3.8) is 0 Å². The van der Waals surface area contributed by atoms with Crippen LogP contribution in [0.1, 0.15) is 40.8 Å². The molecule has 0 amide bonds. The van der Waals surface area contributed by atoms with Gasteiger partial charge in [0.25, 0.3) is 5.56 Å². The van der Waals surface area contributed by atoms with Crippen LogP contribution in [0.25, 0.3) is 0 Å². The highest BCUT2D eigenvalue weighted by Crippen LogP contribution is 2.38. The van der Waals surface area contributed by atoms with Crippen LogP contribution in [0, 0.1) is 16.1 Å². The van der Waals surface area contributed by atoms with E-state index in [2.05, 4.69) is 21.0 Å². The fourth-order valence-electron chi connectivity index (χ4n) is 2.66. The first kappa shape index (κ1) is 15.6. The van der Waals surface area contributed by atoms with Gasteiger partial charge in [0.2, 0.25) is 5.88 Å². The third kappa shape index (κ3) is 3.11. The number of hydrogen-bond acceptors (Lipinski definition) is 6. The van der Waals surface area contributed by atoms with Gasteiger partial charge in [-0.3, -0.25) is 9.78 Å². The molecule has 2 aromatic heterocycles. The minimum absolute atomic E-state index is 0.00826. The molecule has 23 heavy (non-hydrogen) atoms. The summed E-state index contributed by atoms with van der Waals surface area (Å²) >= 11 is 6.27. The second-order valence-corrected chi connectivity index (χ2v) is 6.78. The minimum atomic E-state index is -0.522. The number of aryl methyl sites for hydroxylation is 1. The van der Waals surface area contributed by atoms with Crippen LogP contribution in [-0.4, -0.2) is 21.3 Å². The molecule has 0 bridgehead atoms. The Labute approximate surface area is 141 Å². The van der Waals surface area contributed by atoms with Gasteiger partial charge in [-0.25, -0.2) is 4.99 Å². The molecule has 3 rings (SSSR count). The number of aromatic amines is 2. The molecule has 0 aliphatic heterocycles. The first-order valence-electron chi connectivity index (χ1n) is 7.24. The summed E-state index contributed by atoms with van der Waals surface area (Å²) in [5.41, 5.74) is 1.15. The number of rotatable bonds is 2. The van der Waals surface area contributed by atoms with Gasteiger partial charge in [-0.15, -0.1) is 11.3 Å². The summed E-state index contributed by atoms with van der Waals surface area (Å²) < 4.78 is 0.0465. The predicted octanol–water partition coefficient (Wildman–Crippen LogP) is 3.09.